The van der Waals surface area contributed by atoms with Crippen LogP contribution in [0.3, 0.4) is 0 Å². The Morgan fingerprint density at radius 2 is 1.91 bits per heavy atom. The van der Waals surface area contributed by atoms with Crippen molar-refractivity contribution in [2.45, 2.75) is 25.9 Å². The number of hydrogen-bond donors (Lipinski definition) is 1. The number of benzene rings is 1. The molecule has 3 aromatic heterocycles. The number of amidine groups is 1. The largest absolute Gasteiger partial charge is 0.433 e. The fraction of sp³-hybridized carbons (Fsp3) is 0.182. The molecule has 4 aromatic rings. The van der Waals surface area contributed by atoms with Crippen LogP contribution in [0.2, 0.25) is 0 Å². The van der Waals surface area contributed by atoms with E-state index in [1.54, 1.807) is 29.6 Å². The highest BCUT2D eigenvalue weighted by Gasteiger charge is 2.36. The van der Waals surface area contributed by atoms with Gasteiger partial charge in [-0.1, -0.05) is 49.3 Å². The van der Waals surface area contributed by atoms with Gasteiger partial charge in [0.15, 0.2) is 22.9 Å². The van der Waals surface area contributed by atoms with Gasteiger partial charge in [0.25, 0.3) is 0 Å². The Morgan fingerprint density at radius 3 is 2.52 bits per heavy atom. The van der Waals surface area contributed by atoms with Gasteiger partial charge in [0.05, 0.1) is 10.6 Å². The topological polar surface area (TPSA) is 94.9 Å². The normalized spacial score (nSPS) is 12.5. The highest BCUT2D eigenvalue weighted by molar-refractivity contribution is 7.12. The molecule has 1 aromatic carbocycles. The van der Waals surface area contributed by atoms with Crippen LogP contribution >= 0.6 is 11.3 Å². The third kappa shape index (κ3) is 4.72. The molecule has 7 nitrogen and oxygen atoms in total. The number of oxime groups is 1. The lowest BCUT2D eigenvalue weighted by Gasteiger charge is -2.11. The Bertz CT molecular complexity index is 1330. The fourth-order valence-corrected chi connectivity index (χ4v) is 3.69. The molecule has 4 rings (SSSR count). The van der Waals surface area contributed by atoms with Crippen LogP contribution in [-0.2, 0) is 11.0 Å². The molecule has 0 saturated carbocycles. The Balaban J connectivity index is 1.71. The molecule has 0 atom stereocenters. The molecule has 170 valence electrons. The Morgan fingerprint density at radius 1 is 1.18 bits per heavy atom. The van der Waals surface area contributed by atoms with E-state index in [0.29, 0.717) is 15.0 Å². The third-order valence-electron chi connectivity index (χ3n) is 4.80. The van der Waals surface area contributed by atoms with Gasteiger partial charge in [0, 0.05) is 11.6 Å². The average Bonchev–Trinajstić information content (AvgIpc) is 3.46. The number of fused-ring (bicyclic) bond motifs is 1. The quantitative estimate of drug-likeness (QED) is 0.189. The summed E-state index contributed by atoms with van der Waals surface area (Å²) in [4.78, 5) is 21.9. The summed E-state index contributed by atoms with van der Waals surface area (Å²) in [5.41, 5.74) is 5.77. The van der Waals surface area contributed by atoms with Crippen molar-refractivity contribution in [3.8, 4) is 11.3 Å². The minimum Gasteiger partial charge on any atom is -0.380 e. The van der Waals surface area contributed by atoms with Gasteiger partial charge in [-0.3, -0.25) is 0 Å². The Hall–Kier alpha value is -3.73. The molecule has 0 aliphatic carbocycles. The molecule has 0 aliphatic heterocycles. The zero-order valence-corrected chi connectivity index (χ0v) is 18.3. The molecule has 11 heteroatoms. The molecule has 3 heterocycles. The fourth-order valence-electron chi connectivity index (χ4n) is 3.07. The van der Waals surface area contributed by atoms with Crippen LogP contribution in [0.4, 0.5) is 13.2 Å². The molecule has 0 fully saturated rings. The van der Waals surface area contributed by atoms with Crippen molar-refractivity contribution in [1.29, 1.82) is 0 Å². The monoisotopic (exact) mass is 473 g/mol. The van der Waals surface area contributed by atoms with Gasteiger partial charge in [-0.25, -0.2) is 14.3 Å². The Kier molecular flexibility index (Phi) is 5.90. The lowest BCUT2D eigenvalue weighted by molar-refractivity contribution is -0.142. The van der Waals surface area contributed by atoms with Crippen molar-refractivity contribution in [3.63, 3.8) is 0 Å². The average molecular weight is 473 g/mol. The number of carbonyl (C=O) groups excluding carboxylic acids is 1. The Labute approximate surface area is 190 Å². The highest BCUT2D eigenvalue weighted by Crippen LogP contribution is 2.32. The number of halogens is 3. The van der Waals surface area contributed by atoms with E-state index in [4.69, 9.17) is 10.6 Å². The number of rotatable bonds is 5. The van der Waals surface area contributed by atoms with Crippen molar-refractivity contribution < 1.29 is 22.8 Å². The number of alkyl halides is 3. The number of hydrogen-bond acceptors (Lipinski definition) is 6. The van der Waals surface area contributed by atoms with Crippen LogP contribution in [-0.4, -0.2) is 26.4 Å². The van der Waals surface area contributed by atoms with Crippen LogP contribution in [0.5, 0.6) is 0 Å². The second-order valence-corrected chi connectivity index (χ2v) is 8.38. The van der Waals surface area contributed by atoms with E-state index < -0.39 is 17.8 Å². The predicted octanol–water partition coefficient (Wildman–Crippen LogP) is 5.08. The molecule has 0 aliphatic rings. The summed E-state index contributed by atoms with van der Waals surface area (Å²) < 4.78 is 41.9. The summed E-state index contributed by atoms with van der Waals surface area (Å²) in [6.07, 6.45) is -4.73. The molecule has 0 spiro atoms. The number of carbonyl (C=O) groups is 1. The van der Waals surface area contributed by atoms with Crippen LogP contribution in [0.15, 0.2) is 59.1 Å². The van der Waals surface area contributed by atoms with Crippen molar-refractivity contribution in [1.82, 2.24) is 14.6 Å². The van der Waals surface area contributed by atoms with Gasteiger partial charge >= 0.3 is 12.1 Å². The van der Waals surface area contributed by atoms with E-state index in [9.17, 15) is 18.0 Å². The summed E-state index contributed by atoms with van der Waals surface area (Å²) in [5, 5.41) is 9.04. The maximum absolute atomic E-state index is 13.8. The molecule has 0 amide bonds. The smallest absolute Gasteiger partial charge is 0.380 e. The third-order valence-corrected chi connectivity index (χ3v) is 5.69. The van der Waals surface area contributed by atoms with E-state index in [-0.39, 0.29) is 28.8 Å². The van der Waals surface area contributed by atoms with Gasteiger partial charge < -0.3 is 10.6 Å². The molecular formula is C22H18F3N5O2S. The SMILES string of the molecule is CC(C)c1ccc(-c2cc(C(F)(F)F)n3nc(C(=O)O/N=C(\N)c4cccs4)cc3n2)cc1. The molecule has 2 N–H and O–H groups in total. The molecular weight excluding hydrogens is 455 g/mol. The van der Waals surface area contributed by atoms with Crippen LogP contribution in [0.1, 0.15) is 46.4 Å². The van der Waals surface area contributed by atoms with Crippen molar-refractivity contribution in [2.24, 2.45) is 10.9 Å². The molecule has 0 bridgehead atoms. The number of aromatic nitrogens is 3. The van der Waals surface area contributed by atoms with Crippen molar-refractivity contribution >= 4 is 28.8 Å². The first-order valence-corrected chi connectivity index (χ1v) is 10.7. The van der Waals surface area contributed by atoms with Crippen LogP contribution in [0.25, 0.3) is 16.9 Å². The van der Waals surface area contributed by atoms with Gasteiger partial charge in [0.1, 0.15) is 0 Å². The number of nitrogens with zero attached hydrogens (tertiary/aromatic N) is 4. The van der Waals surface area contributed by atoms with Gasteiger partial charge in [0.2, 0.25) is 0 Å². The zero-order chi connectivity index (χ0) is 23.8. The minimum atomic E-state index is -4.73. The van der Waals surface area contributed by atoms with Crippen LogP contribution in [0, 0.1) is 0 Å². The molecule has 33 heavy (non-hydrogen) atoms. The molecule has 0 radical (unpaired) electrons. The van der Waals surface area contributed by atoms with Gasteiger partial charge in [-0.15, -0.1) is 11.3 Å². The zero-order valence-electron chi connectivity index (χ0n) is 17.5. The summed E-state index contributed by atoms with van der Waals surface area (Å²) >= 11 is 1.29. The second-order valence-electron chi connectivity index (χ2n) is 7.43. The summed E-state index contributed by atoms with van der Waals surface area (Å²) in [7, 11) is 0. The van der Waals surface area contributed by atoms with E-state index >= 15 is 0 Å². The van der Waals surface area contributed by atoms with Gasteiger partial charge in [-0.2, -0.15) is 18.3 Å². The maximum Gasteiger partial charge on any atom is 0.433 e. The molecule has 0 unspecified atom stereocenters. The van der Waals surface area contributed by atoms with E-state index in [1.807, 2.05) is 26.0 Å². The lowest BCUT2D eigenvalue weighted by atomic mass is 10.0. The van der Waals surface area contributed by atoms with Crippen molar-refractivity contribution in [2.75, 3.05) is 0 Å². The first-order chi connectivity index (χ1) is 15.6. The van der Waals surface area contributed by atoms with E-state index in [1.165, 1.54) is 11.3 Å². The highest BCUT2D eigenvalue weighted by atomic mass is 32.1. The van der Waals surface area contributed by atoms with E-state index in [0.717, 1.165) is 17.7 Å². The van der Waals surface area contributed by atoms with Crippen LogP contribution < -0.4 is 5.73 Å². The van der Waals surface area contributed by atoms with Gasteiger partial charge in [-0.05, 0) is 29.0 Å². The summed E-state index contributed by atoms with van der Waals surface area (Å²) in [6, 6.07) is 12.5. The first-order valence-electron chi connectivity index (χ1n) is 9.80. The summed E-state index contributed by atoms with van der Waals surface area (Å²) in [6.45, 7) is 4.04. The second kappa shape index (κ2) is 8.66. The maximum atomic E-state index is 13.8. The van der Waals surface area contributed by atoms with Crippen molar-refractivity contribution in [3.05, 3.63) is 75.7 Å². The minimum absolute atomic E-state index is 0.0386. The van der Waals surface area contributed by atoms with E-state index in [2.05, 4.69) is 15.2 Å². The lowest BCUT2D eigenvalue weighted by Crippen LogP contribution is -2.15. The first kappa shape index (κ1) is 22.5. The predicted molar refractivity (Wildman–Crippen MR) is 118 cm³/mol. The summed E-state index contributed by atoms with van der Waals surface area (Å²) in [5.74, 6) is -0.820. The molecule has 0 saturated heterocycles. The number of nitrogens with two attached hydrogens (primary N) is 1. The standard InChI is InChI=1S/C22H18F3N5O2S/c1-12(2)13-5-7-14(8-6-13)15-10-18(22(23,24)25)30-19(27-15)11-16(28-30)21(31)32-29-20(26)17-4-3-9-33-17/h3-12H,1-2H3,(H2,26,29). The number of thiophene rings is 1.